The molecule has 0 fully saturated rings. The predicted octanol–water partition coefficient (Wildman–Crippen LogP) is 2.65. The fourth-order valence-corrected chi connectivity index (χ4v) is 1.30. The first-order chi connectivity index (χ1) is 8.72. The fraction of sp³-hybridized carbons (Fsp3) is 0.286. The van der Waals surface area contributed by atoms with Gasteiger partial charge in [0.1, 0.15) is 13.0 Å². The van der Waals surface area contributed by atoms with Gasteiger partial charge in [-0.05, 0) is 18.6 Å². The zero-order chi connectivity index (χ0) is 13.2. The first-order valence-electron chi connectivity index (χ1n) is 5.79. The van der Waals surface area contributed by atoms with Crippen LogP contribution in [0.5, 0.6) is 0 Å². The summed E-state index contributed by atoms with van der Waals surface area (Å²) < 4.78 is 9.79. The standard InChI is InChI=1S/C14H17NO3/c1-2-17-13(15)11-14(16)18-10-6-9-12-7-4-3-5-8-12/h3-9,15H,2,10-11H2,1H3/b9-6+,15-13?. The predicted molar refractivity (Wildman–Crippen MR) is 70.4 cm³/mol. The van der Waals surface area contributed by atoms with Gasteiger partial charge in [0.05, 0.1) is 6.61 Å². The lowest BCUT2D eigenvalue weighted by Gasteiger charge is -2.04. The van der Waals surface area contributed by atoms with E-state index in [2.05, 4.69) is 0 Å². The zero-order valence-electron chi connectivity index (χ0n) is 10.4. The molecule has 96 valence electrons. The molecule has 0 aromatic heterocycles. The third-order valence-electron chi connectivity index (χ3n) is 2.07. The van der Waals surface area contributed by atoms with Gasteiger partial charge < -0.3 is 9.47 Å². The lowest BCUT2D eigenvalue weighted by molar-refractivity contribution is -0.141. The Morgan fingerprint density at radius 3 is 2.67 bits per heavy atom. The molecule has 4 nitrogen and oxygen atoms in total. The van der Waals surface area contributed by atoms with Gasteiger partial charge in [-0.15, -0.1) is 0 Å². The normalized spacial score (nSPS) is 10.3. The molecule has 0 bridgehead atoms. The molecule has 0 saturated heterocycles. The molecule has 1 rings (SSSR count). The molecular formula is C14H17NO3. The highest BCUT2D eigenvalue weighted by atomic mass is 16.5. The molecular weight excluding hydrogens is 230 g/mol. The fourth-order valence-electron chi connectivity index (χ4n) is 1.30. The molecule has 0 aliphatic heterocycles. The quantitative estimate of drug-likeness (QED) is 0.477. The maximum Gasteiger partial charge on any atom is 0.315 e. The number of carbonyl (C=O) groups excluding carboxylic acids is 1. The number of esters is 1. The summed E-state index contributed by atoms with van der Waals surface area (Å²) in [6.07, 6.45) is 3.52. The number of rotatable bonds is 6. The van der Waals surface area contributed by atoms with Crippen LogP contribution in [-0.4, -0.2) is 25.1 Å². The van der Waals surface area contributed by atoms with Crippen molar-refractivity contribution in [3.05, 3.63) is 42.0 Å². The van der Waals surface area contributed by atoms with Crippen LogP contribution in [0.1, 0.15) is 18.9 Å². The minimum Gasteiger partial charge on any atom is -0.481 e. The molecule has 0 amide bonds. The number of hydrogen-bond acceptors (Lipinski definition) is 4. The molecule has 0 spiro atoms. The van der Waals surface area contributed by atoms with E-state index in [1.54, 1.807) is 13.0 Å². The molecule has 18 heavy (non-hydrogen) atoms. The van der Waals surface area contributed by atoms with E-state index in [1.807, 2.05) is 36.4 Å². The second kappa shape index (κ2) is 8.06. The van der Waals surface area contributed by atoms with Crippen molar-refractivity contribution >= 4 is 17.9 Å². The molecule has 0 atom stereocenters. The van der Waals surface area contributed by atoms with Gasteiger partial charge in [0.15, 0.2) is 5.90 Å². The molecule has 1 aromatic carbocycles. The van der Waals surface area contributed by atoms with Gasteiger partial charge in [-0.2, -0.15) is 0 Å². The van der Waals surface area contributed by atoms with Crippen molar-refractivity contribution in [3.63, 3.8) is 0 Å². The van der Waals surface area contributed by atoms with E-state index in [9.17, 15) is 4.79 Å². The zero-order valence-corrected chi connectivity index (χ0v) is 10.4. The first kappa shape index (κ1) is 14.0. The molecule has 0 saturated carbocycles. The van der Waals surface area contributed by atoms with Crippen molar-refractivity contribution in [2.75, 3.05) is 13.2 Å². The summed E-state index contributed by atoms with van der Waals surface area (Å²) >= 11 is 0. The molecule has 0 unspecified atom stereocenters. The lowest BCUT2D eigenvalue weighted by Crippen LogP contribution is -2.13. The number of hydrogen-bond donors (Lipinski definition) is 1. The number of benzene rings is 1. The summed E-state index contributed by atoms with van der Waals surface area (Å²) in [7, 11) is 0. The summed E-state index contributed by atoms with van der Waals surface area (Å²) in [5.74, 6) is -0.513. The van der Waals surface area contributed by atoms with E-state index in [0.29, 0.717) is 6.61 Å². The third-order valence-corrected chi connectivity index (χ3v) is 2.07. The second-order valence-corrected chi connectivity index (χ2v) is 3.53. The van der Waals surface area contributed by atoms with Crippen LogP contribution in [0.3, 0.4) is 0 Å². The van der Waals surface area contributed by atoms with E-state index in [4.69, 9.17) is 14.9 Å². The van der Waals surface area contributed by atoms with Gasteiger partial charge in [-0.1, -0.05) is 36.4 Å². The largest absolute Gasteiger partial charge is 0.481 e. The Kier molecular flexibility index (Phi) is 6.25. The topological polar surface area (TPSA) is 59.4 Å². The summed E-state index contributed by atoms with van der Waals surface area (Å²) in [5.41, 5.74) is 1.05. The van der Waals surface area contributed by atoms with Crippen molar-refractivity contribution in [1.82, 2.24) is 0 Å². The molecule has 0 aliphatic carbocycles. The highest BCUT2D eigenvalue weighted by molar-refractivity contribution is 5.92. The Hall–Kier alpha value is -2.10. The summed E-state index contributed by atoms with van der Waals surface area (Å²) in [4.78, 5) is 11.3. The van der Waals surface area contributed by atoms with Crippen molar-refractivity contribution in [2.45, 2.75) is 13.3 Å². The molecule has 0 radical (unpaired) electrons. The Balaban J connectivity index is 2.23. The highest BCUT2D eigenvalue weighted by Crippen LogP contribution is 2.01. The van der Waals surface area contributed by atoms with Crippen LogP contribution >= 0.6 is 0 Å². The van der Waals surface area contributed by atoms with E-state index >= 15 is 0 Å². The SMILES string of the molecule is CCOC(=N)CC(=O)OC/C=C/c1ccccc1. The summed E-state index contributed by atoms with van der Waals surface area (Å²) in [5, 5.41) is 7.29. The Labute approximate surface area is 107 Å². The van der Waals surface area contributed by atoms with Crippen LogP contribution in [0.2, 0.25) is 0 Å². The van der Waals surface area contributed by atoms with E-state index in [-0.39, 0.29) is 18.9 Å². The average molecular weight is 247 g/mol. The van der Waals surface area contributed by atoms with Crippen LogP contribution in [0.25, 0.3) is 6.08 Å². The van der Waals surface area contributed by atoms with Crippen LogP contribution in [0, 0.1) is 5.41 Å². The van der Waals surface area contributed by atoms with Gasteiger partial charge in [0, 0.05) is 0 Å². The summed E-state index contributed by atoms with van der Waals surface area (Å²) in [6, 6.07) is 9.74. The number of nitrogens with one attached hydrogen (secondary N) is 1. The molecule has 4 heteroatoms. The second-order valence-electron chi connectivity index (χ2n) is 3.53. The van der Waals surface area contributed by atoms with Crippen LogP contribution < -0.4 is 0 Å². The van der Waals surface area contributed by atoms with Crippen molar-refractivity contribution in [1.29, 1.82) is 5.41 Å². The van der Waals surface area contributed by atoms with Crippen molar-refractivity contribution in [2.24, 2.45) is 0 Å². The van der Waals surface area contributed by atoms with Gasteiger partial charge >= 0.3 is 5.97 Å². The number of ether oxygens (including phenoxy) is 2. The molecule has 0 aliphatic rings. The highest BCUT2D eigenvalue weighted by Gasteiger charge is 2.06. The average Bonchev–Trinajstić information content (AvgIpc) is 2.36. The first-order valence-corrected chi connectivity index (χ1v) is 5.79. The minimum absolute atomic E-state index is 0.0606. The minimum atomic E-state index is -0.453. The maximum atomic E-state index is 11.3. The van der Waals surface area contributed by atoms with Gasteiger partial charge in [0.25, 0.3) is 0 Å². The van der Waals surface area contributed by atoms with E-state index in [1.165, 1.54) is 0 Å². The molecule has 1 N–H and O–H groups in total. The third kappa shape index (κ3) is 5.84. The van der Waals surface area contributed by atoms with Crippen molar-refractivity contribution in [3.8, 4) is 0 Å². The Morgan fingerprint density at radius 1 is 1.28 bits per heavy atom. The monoisotopic (exact) mass is 247 g/mol. The van der Waals surface area contributed by atoms with Crippen LogP contribution in [0.15, 0.2) is 36.4 Å². The smallest absolute Gasteiger partial charge is 0.315 e. The van der Waals surface area contributed by atoms with Gasteiger partial charge in [0.2, 0.25) is 0 Å². The van der Waals surface area contributed by atoms with Gasteiger partial charge in [-0.25, -0.2) is 0 Å². The van der Waals surface area contributed by atoms with Crippen LogP contribution in [0.4, 0.5) is 0 Å². The Bertz CT molecular complexity index is 412. The lowest BCUT2D eigenvalue weighted by atomic mass is 10.2. The summed E-state index contributed by atoms with van der Waals surface area (Å²) in [6.45, 7) is 2.36. The van der Waals surface area contributed by atoms with E-state index < -0.39 is 5.97 Å². The van der Waals surface area contributed by atoms with Crippen LogP contribution in [-0.2, 0) is 14.3 Å². The van der Waals surface area contributed by atoms with Gasteiger partial charge in [-0.3, -0.25) is 10.2 Å². The van der Waals surface area contributed by atoms with E-state index in [0.717, 1.165) is 5.56 Å². The molecule has 1 aromatic rings. The Morgan fingerprint density at radius 2 is 2.00 bits per heavy atom. The molecule has 0 heterocycles. The maximum absolute atomic E-state index is 11.3. The van der Waals surface area contributed by atoms with Crippen molar-refractivity contribution < 1.29 is 14.3 Å². The number of carbonyl (C=O) groups is 1.